The summed E-state index contributed by atoms with van der Waals surface area (Å²) in [6, 6.07) is 14.8. The van der Waals surface area contributed by atoms with Gasteiger partial charge >= 0.3 is 0 Å². The average molecular weight is 420 g/mol. The lowest BCUT2D eigenvalue weighted by atomic mass is 10.0. The Morgan fingerprint density at radius 3 is 2.68 bits per heavy atom. The van der Waals surface area contributed by atoms with E-state index >= 15 is 0 Å². The van der Waals surface area contributed by atoms with Crippen LogP contribution in [0.3, 0.4) is 0 Å². The number of anilines is 2. The minimum Gasteiger partial charge on any atom is -0.397 e. The maximum Gasteiger partial charge on any atom is 0.251 e. The van der Waals surface area contributed by atoms with E-state index in [2.05, 4.69) is 20.8 Å². The zero-order valence-electron chi connectivity index (χ0n) is 17.6. The van der Waals surface area contributed by atoms with E-state index in [0.29, 0.717) is 36.1 Å². The Labute approximate surface area is 182 Å². The van der Waals surface area contributed by atoms with Crippen molar-refractivity contribution in [2.45, 2.75) is 38.5 Å². The predicted molar refractivity (Wildman–Crippen MR) is 122 cm³/mol. The summed E-state index contributed by atoms with van der Waals surface area (Å²) in [7, 11) is 0. The van der Waals surface area contributed by atoms with Crippen LogP contribution >= 0.6 is 0 Å². The molecule has 4 N–H and O–H groups in total. The predicted octanol–water partition coefficient (Wildman–Crippen LogP) is 4.28. The second-order valence-corrected chi connectivity index (χ2v) is 8.05. The summed E-state index contributed by atoms with van der Waals surface area (Å²) in [5.41, 5.74) is 9.09. The average Bonchev–Trinajstić information content (AvgIpc) is 3.48. The number of nitrogens with two attached hydrogens (primary N) is 1. The van der Waals surface area contributed by atoms with Crippen LogP contribution in [-0.2, 0) is 6.42 Å². The monoisotopic (exact) mass is 419 g/mol. The Kier molecular flexibility index (Phi) is 6.82. The molecule has 1 aromatic heterocycles. The van der Waals surface area contributed by atoms with Gasteiger partial charge in [-0.3, -0.25) is 4.79 Å². The van der Waals surface area contributed by atoms with Gasteiger partial charge in [0.05, 0.1) is 11.4 Å². The van der Waals surface area contributed by atoms with Crippen LogP contribution < -0.4 is 16.4 Å². The first-order valence-electron chi connectivity index (χ1n) is 11.0. The highest BCUT2D eigenvalue weighted by Crippen LogP contribution is 2.29. The lowest BCUT2D eigenvalue weighted by molar-refractivity contribution is 0.0955. The number of benzene rings is 2. The van der Waals surface area contributed by atoms with Crippen LogP contribution in [0.2, 0.25) is 0 Å². The van der Waals surface area contributed by atoms with E-state index in [0.717, 1.165) is 30.0 Å². The molecule has 1 fully saturated rings. The molecule has 1 aliphatic carbocycles. The first-order chi connectivity index (χ1) is 15.2. The van der Waals surface area contributed by atoms with Crippen molar-refractivity contribution < 1.29 is 9.32 Å². The Bertz CT molecular complexity index is 996. The van der Waals surface area contributed by atoms with Crippen LogP contribution in [0.1, 0.15) is 48.4 Å². The number of aryl methyl sites for hydroxylation is 1. The number of nitrogen functional groups attached to an aromatic ring is 1. The van der Waals surface area contributed by atoms with Crippen LogP contribution in [0.15, 0.2) is 53.1 Å². The van der Waals surface area contributed by atoms with Crippen molar-refractivity contribution in [3.63, 3.8) is 0 Å². The molecule has 1 aliphatic rings. The standard InChI is InChI=1S/C24H29N5O2/c25-20-16-19(23-28-22(31-29-23)13-10-17-6-4-5-7-17)11-12-21(20)26-14-15-27-24(30)18-8-2-1-3-9-18/h1-3,8-9,11-12,16-17,26H,4-7,10,13-15,25H2,(H,27,30). The van der Waals surface area contributed by atoms with Gasteiger partial charge < -0.3 is 20.9 Å². The Morgan fingerprint density at radius 2 is 1.90 bits per heavy atom. The molecule has 0 radical (unpaired) electrons. The Hall–Kier alpha value is -3.35. The maximum atomic E-state index is 12.1. The summed E-state index contributed by atoms with van der Waals surface area (Å²) in [5, 5.41) is 10.3. The zero-order chi connectivity index (χ0) is 21.5. The number of amides is 1. The van der Waals surface area contributed by atoms with Gasteiger partial charge in [-0.1, -0.05) is 49.0 Å². The van der Waals surface area contributed by atoms with Gasteiger partial charge in [0.1, 0.15) is 0 Å². The molecule has 0 bridgehead atoms. The molecular weight excluding hydrogens is 390 g/mol. The van der Waals surface area contributed by atoms with Crippen molar-refractivity contribution in [1.82, 2.24) is 15.5 Å². The number of rotatable bonds is 9. The van der Waals surface area contributed by atoms with E-state index in [1.165, 1.54) is 25.7 Å². The molecule has 1 saturated carbocycles. The SMILES string of the molecule is Nc1cc(-c2noc(CCC3CCCC3)n2)ccc1NCCNC(=O)c1ccccc1. The van der Waals surface area contributed by atoms with Crippen molar-refractivity contribution >= 4 is 17.3 Å². The van der Waals surface area contributed by atoms with Crippen molar-refractivity contribution in [2.24, 2.45) is 5.92 Å². The van der Waals surface area contributed by atoms with E-state index in [1.807, 2.05) is 36.4 Å². The molecule has 7 nitrogen and oxygen atoms in total. The largest absolute Gasteiger partial charge is 0.397 e. The highest BCUT2D eigenvalue weighted by Gasteiger charge is 2.17. The summed E-state index contributed by atoms with van der Waals surface area (Å²) < 4.78 is 5.43. The highest BCUT2D eigenvalue weighted by atomic mass is 16.5. The van der Waals surface area contributed by atoms with Crippen molar-refractivity contribution in [1.29, 1.82) is 0 Å². The summed E-state index contributed by atoms with van der Waals surface area (Å²) >= 11 is 0. The maximum absolute atomic E-state index is 12.1. The van der Waals surface area contributed by atoms with Gasteiger partial charge in [0.25, 0.3) is 5.91 Å². The molecule has 0 atom stereocenters. The molecule has 2 aromatic carbocycles. The number of nitrogens with zero attached hydrogens (tertiary/aromatic N) is 2. The normalized spacial score (nSPS) is 13.9. The van der Waals surface area contributed by atoms with Crippen molar-refractivity contribution in [3.05, 3.63) is 60.0 Å². The minimum atomic E-state index is -0.0911. The van der Waals surface area contributed by atoms with Gasteiger partial charge in [0.15, 0.2) is 0 Å². The fraction of sp³-hybridized carbons (Fsp3) is 0.375. The summed E-state index contributed by atoms with van der Waals surface area (Å²) in [6.07, 6.45) is 7.29. The molecule has 3 aromatic rings. The third kappa shape index (κ3) is 5.63. The molecule has 31 heavy (non-hydrogen) atoms. The van der Waals surface area contributed by atoms with Gasteiger partial charge in [-0.15, -0.1) is 0 Å². The summed E-state index contributed by atoms with van der Waals surface area (Å²) in [4.78, 5) is 16.6. The van der Waals surface area contributed by atoms with Gasteiger partial charge in [0, 0.05) is 30.6 Å². The lowest BCUT2D eigenvalue weighted by Gasteiger charge is -2.11. The van der Waals surface area contributed by atoms with E-state index < -0.39 is 0 Å². The third-order valence-electron chi connectivity index (χ3n) is 5.78. The summed E-state index contributed by atoms with van der Waals surface area (Å²) in [6.45, 7) is 1.06. The molecule has 0 saturated heterocycles. The molecule has 0 aliphatic heterocycles. The van der Waals surface area contributed by atoms with E-state index in [-0.39, 0.29) is 5.91 Å². The fourth-order valence-corrected chi connectivity index (χ4v) is 4.03. The van der Waals surface area contributed by atoms with E-state index in [9.17, 15) is 4.79 Å². The molecule has 0 unspecified atom stereocenters. The van der Waals surface area contributed by atoms with Crippen LogP contribution in [0.25, 0.3) is 11.4 Å². The number of carbonyl (C=O) groups is 1. The Balaban J connectivity index is 1.26. The van der Waals surface area contributed by atoms with E-state index in [4.69, 9.17) is 10.3 Å². The number of aromatic nitrogens is 2. The molecule has 4 rings (SSSR count). The van der Waals surface area contributed by atoms with Crippen LogP contribution in [0, 0.1) is 5.92 Å². The van der Waals surface area contributed by atoms with Gasteiger partial charge in [-0.25, -0.2) is 0 Å². The topological polar surface area (TPSA) is 106 Å². The first-order valence-corrected chi connectivity index (χ1v) is 11.0. The number of carbonyl (C=O) groups excluding carboxylic acids is 1. The Morgan fingerprint density at radius 1 is 1.10 bits per heavy atom. The molecule has 1 heterocycles. The van der Waals surface area contributed by atoms with Crippen molar-refractivity contribution in [2.75, 3.05) is 24.1 Å². The minimum absolute atomic E-state index is 0.0911. The number of hydrogen-bond donors (Lipinski definition) is 3. The van der Waals surface area contributed by atoms with Gasteiger partial charge in [0.2, 0.25) is 11.7 Å². The van der Waals surface area contributed by atoms with Crippen molar-refractivity contribution in [3.8, 4) is 11.4 Å². The first kappa shape index (κ1) is 20.9. The number of hydrogen-bond acceptors (Lipinski definition) is 6. The lowest BCUT2D eigenvalue weighted by Crippen LogP contribution is -2.28. The fourth-order valence-electron chi connectivity index (χ4n) is 4.03. The number of nitrogens with one attached hydrogen (secondary N) is 2. The molecular formula is C24H29N5O2. The second kappa shape index (κ2) is 10.1. The summed E-state index contributed by atoms with van der Waals surface area (Å²) in [5.74, 6) is 1.96. The molecule has 162 valence electrons. The highest BCUT2D eigenvalue weighted by molar-refractivity contribution is 5.94. The molecule has 7 heteroatoms. The molecule has 0 spiro atoms. The van der Waals surface area contributed by atoms with Crippen LogP contribution in [-0.4, -0.2) is 29.1 Å². The van der Waals surface area contributed by atoms with Gasteiger partial charge in [-0.05, 0) is 42.7 Å². The second-order valence-electron chi connectivity index (χ2n) is 8.05. The van der Waals surface area contributed by atoms with Crippen LogP contribution in [0.5, 0.6) is 0 Å². The zero-order valence-corrected chi connectivity index (χ0v) is 17.6. The smallest absolute Gasteiger partial charge is 0.251 e. The van der Waals surface area contributed by atoms with E-state index in [1.54, 1.807) is 12.1 Å². The third-order valence-corrected chi connectivity index (χ3v) is 5.78. The van der Waals surface area contributed by atoms with Gasteiger partial charge in [-0.2, -0.15) is 4.98 Å². The molecule has 1 amide bonds. The van der Waals surface area contributed by atoms with Crippen LogP contribution in [0.4, 0.5) is 11.4 Å². The quantitative estimate of drug-likeness (QED) is 0.353.